The zero-order valence-corrected chi connectivity index (χ0v) is 9.77. The monoisotopic (exact) mass is 288 g/mol. The molecule has 0 unspecified atom stereocenters. The molecule has 1 aliphatic rings. The van der Waals surface area contributed by atoms with Gasteiger partial charge in [-0.05, 0) is 22.0 Å². The molecule has 2 rings (SSSR count). The molecule has 0 fully saturated rings. The van der Waals surface area contributed by atoms with E-state index in [0.29, 0.717) is 23.4 Å². The summed E-state index contributed by atoms with van der Waals surface area (Å²) in [4.78, 5) is 23.0. The molecule has 6 nitrogen and oxygen atoms in total. The minimum atomic E-state index is -1.04. The van der Waals surface area contributed by atoms with Crippen LogP contribution in [0.3, 0.4) is 0 Å². The van der Waals surface area contributed by atoms with E-state index in [0.717, 1.165) is 0 Å². The number of nitrogens with zero attached hydrogens (tertiary/aromatic N) is 2. The number of rotatable bonds is 1. The van der Waals surface area contributed by atoms with Gasteiger partial charge in [0.05, 0.1) is 22.4 Å². The van der Waals surface area contributed by atoms with Crippen LogP contribution in [0.15, 0.2) is 10.7 Å². The van der Waals surface area contributed by atoms with Crippen molar-refractivity contribution in [3.05, 3.63) is 21.9 Å². The standard InChI is InChI=1S/C9H9BrN2O4/c10-7-3-5(8(13)14)6-4-11(9(15)16)1-2-12(6)7/h3H,1-2,4H2,(H,13,14)(H,15,16). The Bertz CT molecular complexity index is 468. The lowest BCUT2D eigenvalue weighted by molar-refractivity contribution is 0.0691. The van der Waals surface area contributed by atoms with Crippen LogP contribution in [0.4, 0.5) is 4.79 Å². The zero-order valence-electron chi connectivity index (χ0n) is 8.18. The molecule has 0 saturated heterocycles. The second-order valence-electron chi connectivity index (χ2n) is 3.49. The molecule has 0 aromatic carbocycles. The van der Waals surface area contributed by atoms with Crippen LogP contribution >= 0.6 is 15.9 Å². The summed E-state index contributed by atoms with van der Waals surface area (Å²) in [6.07, 6.45) is -1.03. The van der Waals surface area contributed by atoms with E-state index < -0.39 is 12.1 Å². The quantitative estimate of drug-likeness (QED) is 0.819. The van der Waals surface area contributed by atoms with Crippen LogP contribution in [0.25, 0.3) is 0 Å². The van der Waals surface area contributed by atoms with Gasteiger partial charge in [-0.1, -0.05) is 0 Å². The molecule has 0 bridgehead atoms. The number of halogens is 1. The number of hydrogen-bond acceptors (Lipinski definition) is 2. The molecule has 1 aliphatic heterocycles. The van der Waals surface area contributed by atoms with Gasteiger partial charge in [0.1, 0.15) is 0 Å². The molecule has 1 aromatic heterocycles. The average Bonchev–Trinajstić information content (AvgIpc) is 2.56. The van der Waals surface area contributed by atoms with E-state index in [1.165, 1.54) is 11.0 Å². The molecular formula is C9H9BrN2O4. The second-order valence-corrected chi connectivity index (χ2v) is 4.30. The van der Waals surface area contributed by atoms with Crippen LogP contribution < -0.4 is 0 Å². The Kier molecular flexibility index (Phi) is 2.63. The number of carboxylic acid groups (broad SMARTS) is 2. The molecule has 0 saturated carbocycles. The molecule has 86 valence electrons. The van der Waals surface area contributed by atoms with Crippen molar-refractivity contribution in [1.29, 1.82) is 0 Å². The van der Waals surface area contributed by atoms with Crippen LogP contribution in [0, 0.1) is 0 Å². The van der Waals surface area contributed by atoms with Crippen molar-refractivity contribution < 1.29 is 19.8 Å². The Balaban J connectivity index is 2.42. The van der Waals surface area contributed by atoms with E-state index in [1.807, 2.05) is 0 Å². The van der Waals surface area contributed by atoms with Gasteiger partial charge >= 0.3 is 12.1 Å². The third-order valence-electron chi connectivity index (χ3n) is 2.59. The smallest absolute Gasteiger partial charge is 0.407 e. The molecule has 0 atom stereocenters. The van der Waals surface area contributed by atoms with Crippen molar-refractivity contribution in [2.75, 3.05) is 6.54 Å². The van der Waals surface area contributed by atoms with Crippen molar-refractivity contribution in [2.24, 2.45) is 0 Å². The topological polar surface area (TPSA) is 82.8 Å². The summed E-state index contributed by atoms with van der Waals surface area (Å²) in [5.41, 5.74) is 0.672. The number of hydrogen-bond donors (Lipinski definition) is 2. The Morgan fingerprint density at radius 3 is 2.56 bits per heavy atom. The maximum Gasteiger partial charge on any atom is 0.407 e. The first-order valence-electron chi connectivity index (χ1n) is 4.59. The van der Waals surface area contributed by atoms with E-state index in [1.54, 1.807) is 4.57 Å². The summed E-state index contributed by atoms with van der Waals surface area (Å²) in [6, 6.07) is 1.50. The van der Waals surface area contributed by atoms with E-state index >= 15 is 0 Å². The predicted octanol–water partition coefficient (Wildman–Crippen LogP) is 1.44. The highest BCUT2D eigenvalue weighted by Crippen LogP contribution is 2.25. The third-order valence-corrected chi connectivity index (χ3v) is 3.25. The molecule has 0 spiro atoms. The summed E-state index contributed by atoms with van der Waals surface area (Å²) in [6.45, 7) is 0.951. The molecule has 1 aromatic rings. The number of amides is 1. The van der Waals surface area contributed by atoms with Gasteiger partial charge in [-0.2, -0.15) is 0 Å². The minimum absolute atomic E-state index is 0.114. The van der Waals surface area contributed by atoms with Gasteiger partial charge in [-0.15, -0.1) is 0 Å². The predicted molar refractivity (Wildman–Crippen MR) is 57.5 cm³/mol. The number of aromatic nitrogens is 1. The van der Waals surface area contributed by atoms with Gasteiger partial charge in [0.15, 0.2) is 0 Å². The SMILES string of the molecule is O=C(O)c1cc(Br)n2c1CN(C(=O)O)CC2. The van der Waals surface area contributed by atoms with Crippen LogP contribution in [0.5, 0.6) is 0 Å². The van der Waals surface area contributed by atoms with Crippen LogP contribution in [-0.2, 0) is 13.1 Å². The summed E-state index contributed by atoms with van der Waals surface area (Å²) in [7, 11) is 0. The van der Waals surface area contributed by atoms with Crippen LogP contribution in [0.2, 0.25) is 0 Å². The van der Waals surface area contributed by atoms with Crippen molar-refractivity contribution in [1.82, 2.24) is 9.47 Å². The fourth-order valence-electron chi connectivity index (χ4n) is 1.80. The summed E-state index contributed by atoms with van der Waals surface area (Å²) in [5.74, 6) is -1.04. The molecule has 0 radical (unpaired) electrons. The van der Waals surface area contributed by atoms with Crippen molar-refractivity contribution >= 4 is 28.0 Å². The molecule has 7 heteroatoms. The van der Waals surface area contributed by atoms with Crippen molar-refractivity contribution in [2.45, 2.75) is 13.1 Å². The lowest BCUT2D eigenvalue weighted by Crippen LogP contribution is -2.37. The van der Waals surface area contributed by atoms with E-state index in [9.17, 15) is 9.59 Å². The van der Waals surface area contributed by atoms with E-state index in [2.05, 4.69) is 15.9 Å². The maximum atomic E-state index is 11.0. The first-order valence-corrected chi connectivity index (χ1v) is 5.39. The molecule has 1 amide bonds. The molecular weight excluding hydrogens is 280 g/mol. The van der Waals surface area contributed by atoms with E-state index in [4.69, 9.17) is 10.2 Å². The Labute approximate surface area is 99.2 Å². The number of aromatic carboxylic acids is 1. The fraction of sp³-hybridized carbons (Fsp3) is 0.333. The van der Waals surface area contributed by atoms with Gasteiger partial charge in [0, 0.05) is 13.1 Å². The zero-order chi connectivity index (χ0) is 11.9. The van der Waals surface area contributed by atoms with E-state index in [-0.39, 0.29) is 12.1 Å². The Morgan fingerprint density at radius 2 is 2.00 bits per heavy atom. The number of fused-ring (bicyclic) bond motifs is 1. The molecule has 16 heavy (non-hydrogen) atoms. The molecule has 0 aliphatic carbocycles. The maximum absolute atomic E-state index is 11.0. The summed E-state index contributed by atoms with van der Waals surface area (Å²) >= 11 is 3.26. The molecule has 2 heterocycles. The first kappa shape index (κ1) is 11.0. The third kappa shape index (κ3) is 1.67. The Hall–Kier alpha value is -1.50. The second kappa shape index (κ2) is 3.82. The number of carboxylic acids is 1. The minimum Gasteiger partial charge on any atom is -0.478 e. The van der Waals surface area contributed by atoms with Gasteiger partial charge in [0.2, 0.25) is 0 Å². The number of carbonyl (C=O) groups is 2. The first-order chi connectivity index (χ1) is 7.50. The highest BCUT2D eigenvalue weighted by atomic mass is 79.9. The average molecular weight is 289 g/mol. The van der Waals surface area contributed by atoms with Gasteiger partial charge in [-0.25, -0.2) is 9.59 Å². The Morgan fingerprint density at radius 1 is 1.31 bits per heavy atom. The van der Waals surface area contributed by atoms with Gasteiger partial charge in [0.25, 0.3) is 0 Å². The van der Waals surface area contributed by atoms with Crippen LogP contribution in [-0.4, -0.2) is 38.3 Å². The van der Waals surface area contributed by atoms with Gasteiger partial charge in [-0.3, -0.25) is 0 Å². The van der Waals surface area contributed by atoms with Gasteiger partial charge < -0.3 is 19.7 Å². The largest absolute Gasteiger partial charge is 0.478 e. The highest BCUT2D eigenvalue weighted by molar-refractivity contribution is 9.10. The molecule has 2 N–H and O–H groups in total. The van der Waals surface area contributed by atoms with Crippen molar-refractivity contribution in [3.8, 4) is 0 Å². The normalized spacial score (nSPS) is 14.7. The van der Waals surface area contributed by atoms with Crippen molar-refractivity contribution in [3.63, 3.8) is 0 Å². The summed E-state index contributed by atoms with van der Waals surface area (Å²) in [5, 5.41) is 17.8. The summed E-state index contributed by atoms with van der Waals surface area (Å²) < 4.78 is 2.45. The lowest BCUT2D eigenvalue weighted by Gasteiger charge is -2.27. The lowest BCUT2D eigenvalue weighted by atomic mass is 10.2. The van der Waals surface area contributed by atoms with Crippen LogP contribution in [0.1, 0.15) is 16.1 Å². The highest BCUT2D eigenvalue weighted by Gasteiger charge is 2.26. The fourth-order valence-corrected chi connectivity index (χ4v) is 2.42.